The molecule has 3 saturated heterocycles. The summed E-state index contributed by atoms with van der Waals surface area (Å²) < 4.78 is 0. The van der Waals surface area contributed by atoms with Crippen LogP contribution in [0.2, 0.25) is 0 Å². The molecule has 6 rings (SSSR count). The maximum atomic E-state index is 13.6. The summed E-state index contributed by atoms with van der Waals surface area (Å²) in [5.74, 6) is 0.827. The molecule has 1 amide bonds. The van der Waals surface area contributed by atoms with Gasteiger partial charge in [0, 0.05) is 36.6 Å². The molecule has 0 N–H and O–H groups in total. The highest BCUT2D eigenvalue weighted by Crippen LogP contribution is 2.33. The molecule has 8 heteroatoms. The summed E-state index contributed by atoms with van der Waals surface area (Å²) in [6.07, 6.45) is 5.29. The third-order valence-corrected chi connectivity index (χ3v) is 6.03. The largest absolute Gasteiger partial charge is 0.334 e. The number of aryl methyl sites for hydroxylation is 3. The topological polar surface area (TPSA) is 80.0 Å². The fourth-order valence-corrected chi connectivity index (χ4v) is 4.65. The van der Waals surface area contributed by atoms with Crippen molar-refractivity contribution >= 4 is 11.9 Å². The van der Waals surface area contributed by atoms with E-state index in [0.717, 1.165) is 42.3 Å². The molecule has 0 spiro atoms. The standard InChI is InChI=1S/C22H25N7O/c1-14-4-7-20(29-23-8-9-24-29)19(10-14)21(30)27-12-18-6-5-17(27)13-28(18)22-25-15(2)11-16(3)26-22/h4,7-11,17-18H,5-6,12-13H2,1-3H3. The number of fused-ring (bicyclic) bond motifs is 3. The summed E-state index contributed by atoms with van der Waals surface area (Å²) in [6.45, 7) is 7.44. The van der Waals surface area contributed by atoms with Crippen LogP contribution in [0.3, 0.4) is 0 Å². The molecular formula is C22H25N7O. The van der Waals surface area contributed by atoms with E-state index < -0.39 is 0 Å². The van der Waals surface area contributed by atoms with Crippen molar-refractivity contribution in [2.24, 2.45) is 0 Å². The molecule has 0 saturated carbocycles. The molecule has 8 nitrogen and oxygen atoms in total. The zero-order valence-electron chi connectivity index (χ0n) is 17.5. The molecule has 5 heterocycles. The van der Waals surface area contributed by atoms with Gasteiger partial charge in [-0.25, -0.2) is 9.97 Å². The summed E-state index contributed by atoms with van der Waals surface area (Å²) in [6, 6.07) is 8.21. The van der Waals surface area contributed by atoms with Gasteiger partial charge in [0.05, 0.1) is 23.6 Å². The molecule has 2 bridgehead atoms. The molecule has 1 aromatic carbocycles. The van der Waals surface area contributed by atoms with Crippen LogP contribution < -0.4 is 4.90 Å². The number of aromatic nitrogens is 5. The van der Waals surface area contributed by atoms with E-state index in [4.69, 9.17) is 0 Å². The number of carbonyl (C=O) groups is 1. The van der Waals surface area contributed by atoms with Gasteiger partial charge >= 0.3 is 0 Å². The second-order valence-corrected chi connectivity index (χ2v) is 8.28. The Morgan fingerprint density at radius 2 is 1.63 bits per heavy atom. The summed E-state index contributed by atoms with van der Waals surface area (Å²) in [5.41, 5.74) is 4.35. The van der Waals surface area contributed by atoms with Gasteiger partial charge in [-0.05, 0) is 51.8 Å². The van der Waals surface area contributed by atoms with Crippen molar-refractivity contribution in [3.8, 4) is 5.69 Å². The number of anilines is 1. The predicted octanol–water partition coefficient (Wildman–Crippen LogP) is 2.48. The Balaban J connectivity index is 1.44. The number of nitrogens with zero attached hydrogens (tertiary/aromatic N) is 7. The van der Waals surface area contributed by atoms with E-state index >= 15 is 0 Å². The minimum absolute atomic E-state index is 0.0432. The first kappa shape index (κ1) is 18.7. The van der Waals surface area contributed by atoms with E-state index in [1.165, 1.54) is 4.80 Å². The highest BCUT2D eigenvalue weighted by Gasteiger charge is 2.42. The first-order valence-electron chi connectivity index (χ1n) is 10.4. The van der Waals surface area contributed by atoms with Crippen molar-refractivity contribution in [3.05, 3.63) is 59.2 Å². The van der Waals surface area contributed by atoms with Crippen LogP contribution in [0.15, 0.2) is 36.7 Å². The van der Waals surface area contributed by atoms with Crippen molar-refractivity contribution in [2.45, 2.75) is 45.7 Å². The molecule has 154 valence electrons. The Kier molecular flexibility index (Phi) is 4.49. The van der Waals surface area contributed by atoms with Crippen molar-refractivity contribution in [1.29, 1.82) is 0 Å². The molecule has 2 unspecified atom stereocenters. The Morgan fingerprint density at radius 1 is 0.933 bits per heavy atom. The zero-order valence-corrected chi connectivity index (χ0v) is 17.5. The van der Waals surface area contributed by atoms with Gasteiger partial charge in [-0.3, -0.25) is 4.79 Å². The summed E-state index contributed by atoms with van der Waals surface area (Å²) >= 11 is 0. The highest BCUT2D eigenvalue weighted by atomic mass is 16.2. The van der Waals surface area contributed by atoms with E-state index in [0.29, 0.717) is 17.8 Å². The van der Waals surface area contributed by atoms with Crippen LogP contribution in [0.25, 0.3) is 5.69 Å². The molecule has 30 heavy (non-hydrogen) atoms. The highest BCUT2D eigenvalue weighted by molar-refractivity contribution is 5.98. The van der Waals surface area contributed by atoms with Gasteiger partial charge in [0.25, 0.3) is 5.91 Å². The van der Waals surface area contributed by atoms with E-state index in [-0.39, 0.29) is 18.0 Å². The molecule has 3 fully saturated rings. The van der Waals surface area contributed by atoms with Crippen LogP contribution in [-0.2, 0) is 0 Å². The van der Waals surface area contributed by atoms with Gasteiger partial charge in [-0.15, -0.1) is 0 Å². The molecule has 2 aromatic heterocycles. The second kappa shape index (κ2) is 7.19. The summed E-state index contributed by atoms with van der Waals surface area (Å²) in [7, 11) is 0. The number of amides is 1. The molecular weight excluding hydrogens is 378 g/mol. The van der Waals surface area contributed by atoms with Gasteiger partial charge in [-0.1, -0.05) is 11.6 Å². The van der Waals surface area contributed by atoms with Crippen molar-refractivity contribution in [1.82, 2.24) is 29.9 Å². The Morgan fingerprint density at radius 3 is 2.30 bits per heavy atom. The molecule has 0 aliphatic carbocycles. The summed E-state index contributed by atoms with van der Waals surface area (Å²) in [5, 5.41) is 8.46. The van der Waals surface area contributed by atoms with Crippen LogP contribution in [0.1, 0.15) is 40.2 Å². The monoisotopic (exact) mass is 403 g/mol. The van der Waals surface area contributed by atoms with Crippen LogP contribution in [0.4, 0.5) is 5.95 Å². The number of carbonyl (C=O) groups excluding carboxylic acids is 1. The number of piperazine rings is 1. The average Bonchev–Trinajstić information content (AvgIpc) is 3.27. The van der Waals surface area contributed by atoms with Gasteiger partial charge in [0.1, 0.15) is 0 Å². The lowest BCUT2D eigenvalue weighted by atomic mass is 9.90. The minimum Gasteiger partial charge on any atom is -0.334 e. The fourth-order valence-electron chi connectivity index (χ4n) is 4.65. The maximum absolute atomic E-state index is 13.6. The van der Waals surface area contributed by atoms with Gasteiger partial charge in [0.15, 0.2) is 0 Å². The summed E-state index contributed by atoms with van der Waals surface area (Å²) in [4.78, 5) is 28.8. The maximum Gasteiger partial charge on any atom is 0.256 e. The molecule has 3 aliphatic heterocycles. The first-order chi connectivity index (χ1) is 14.5. The third-order valence-electron chi connectivity index (χ3n) is 6.03. The minimum atomic E-state index is 0.0432. The molecule has 0 radical (unpaired) electrons. The van der Waals surface area contributed by atoms with Gasteiger partial charge in [-0.2, -0.15) is 15.0 Å². The molecule has 3 aromatic rings. The zero-order chi connectivity index (χ0) is 20.8. The number of piperidine rings is 2. The fraction of sp³-hybridized carbons (Fsp3) is 0.409. The molecule has 3 aliphatic rings. The predicted molar refractivity (Wildman–Crippen MR) is 113 cm³/mol. The Bertz CT molecular complexity index is 1070. The lowest BCUT2D eigenvalue weighted by Gasteiger charge is -2.51. The van der Waals surface area contributed by atoms with Crippen LogP contribution in [0.5, 0.6) is 0 Å². The smallest absolute Gasteiger partial charge is 0.256 e. The van der Waals surface area contributed by atoms with E-state index in [1.807, 2.05) is 49.9 Å². The number of hydrogen-bond donors (Lipinski definition) is 0. The lowest BCUT2D eigenvalue weighted by molar-refractivity contribution is 0.0502. The first-order valence-corrected chi connectivity index (χ1v) is 10.4. The molecule has 2 atom stereocenters. The number of rotatable bonds is 3. The van der Waals surface area contributed by atoms with Crippen molar-refractivity contribution in [3.63, 3.8) is 0 Å². The van der Waals surface area contributed by atoms with Gasteiger partial charge < -0.3 is 9.80 Å². The van der Waals surface area contributed by atoms with Crippen molar-refractivity contribution < 1.29 is 4.79 Å². The third kappa shape index (κ3) is 3.22. The van der Waals surface area contributed by atoms with E-state index in [2.05, 4.69) is 25.1 Å². The normalized spacial score (nSPS) is 20.6. The van der Waals surface area contributed by atoms with Crippen LogP contribution >= 0.6 is 0 Å². The number of benzene rings is 1. The van der Waals surface area contributed by atoms with Crippen LogP contribution in [0, 0.1) is 20.8 Å². The van der Waals surface area contributed by atoms with E-state index in [9.17, 15) is 4.79 Å². The van der Waals surface area contributed by atoms with Crippen molar-refractivity contribution in [2.75, 3.05) is 18.0 Å². The van der Waals surface area contributed by atoms with Gasteiger partial charge in [0.2, 0.25) is 5.95 Å². The quantitative estimate of drug-likeness (QED) is 0.668. The van der Waals surface area contributed by atoms with Crippen LogP contribution in [-0.4, -0.2) is 60.9 Å². The lowest BCUT2D eigenvalue weighted by Crippen LogP contribution is -2.64. The van der Waals surface area contributed by atoms with E-state index in [1.54, 1.807) is 12.4 Å². The second-order valence-electron chi connectivity index (χ2n) is 8.28. The number of hydrogen-bond acceptors (Lipinski definition) is 6. The SMILES string of the molecule is Cc1ccc(-n2nccn2)c(C(=O)N2CC3CCC2CN3c2nc(C)cc(C)n2)c1. The Hall–Kier alpha value is -3.29. The Labute approximate surface area is 175 Å². The average molecular weight is 403 g/mol.